The number of hydrogen-bond donors (Lipinski definition) is 3. The van der Waals surface area contributed by atoms with Gasteiger partial charge in [0.1, 0.15) is 34.3 Å². The Balaban J connectivity index is 1.36. The van der Waals surface area contributed by atoms with Gasteiger partial charge < -0.3 is 20.7 Å². The molecule has 2 heterocycles. The quantitative estimate of drug-likeness (QED) is 0.246. The summed E-state index contributed by atoms with van der Waals surface area (Å²) < 4.78 is 42.1. The Kier molecular flexibility index (Phi) is 9.19. The van der Waals surface area contributed by atoms with Crippen LogP contribution in [-0.2, 0) is 16.4 Å². The van der Waals surface area contributed by atoms with E-state index >= 15 is 0 Å². The number of nitrogens with zero attached hydrogens (tertiary/aromatic N) is 2. The third kappa shape index (κ3) is 8.54. The van der Waals surface area contributed by atoms with Crippen molar-refractivity contribution in [1.82, 2.24) is 20.6 Å². The summed E-state index contributed by atoms with van der Waals surface area (Å²) in [6.45, 7) is 0.291. The molecule has 39 heavy (non-hydrogen) atoms. The standard InChI is InChI=1S/C26H23ClFN5O4S2/c1-39(35,36)11-10-30-26(34)29-9-3-6-20-14-22-24(38-20)25(32-16-31-22)33-19-7-8-23(21(27)13-19)37-15-17-4-2-5-18(28)12-17/h2,4-5,7-8,12-14,16H,9-11,15H2,1H3,(H2,29,30,34)(H,31,32,33). The minimum Gasteiger partial charge on any atom is -0.487 e. The Labute approximate surface area is 233 Å². The fourth-order valence-corrected chi connectivity index (χ4v) is 4.93. The van der Waals surface area contributed by atoms with Gasteiger partial charge in [-0.05, 0) is 42.0 Å². The summed E-state index contributed by atoms with van der Waals surface area (Å²) in [6, 6.07) is 12.7. The summed E-state index contributed by atoms with van der Waals surface area (Å²) in [5, 5.41) is 8.63. The number of nitrogens with one attached hydrogen (secondary N) is 3. The number of anilines is 2. The van der Waals surface area contributed by atoms with E-state index in [0.29, 0.717) is 33.4 Å². The molecule has 3 N–H and O–H groups in total. The topological polar surface area (TPSA) is 122 Å². The summed E-state index contributed by atoms with van der Waals surface area (Å²) in [4.78, 5) is 21.1. The lowest BCUT2D eigenvalue weighted by molar-refractivity contribution is 0.242. The average Bonchev–Trinajstić information content (AvgIpc) is 3.30. The van der Waals surface area contributed by atoms with Crippen molar-refractivity contribution in [2.75, 3.05) is 30.4 Å². The zero-order valence-corrected chi connectivity index (χ0v) is 23.0. The highest BCUT2D eigenvalue weighted by Crippen LogP contribution is 2.33. The van der Waals surface area contributed by atoms with Gasteiger partial charge in [-0.25, -0.2) is 27.6 Å². The van der Waals surface area contributed by atoms with Gasteiger partial charge in [-0.1, -0.05) is 35.6 Å². The fraction of sp³-hybridized carbons (Fsp3) is 0.192. The number of benzene rings is 2. The molecule has 0 fully saturated rings. The van der Waals surface area contributed by atoms with Crippen LogP contribution in [0.15, 0.2) is 54.9 Å². The summed E-state index contributed by atoms with van der Waals surface area (Å²) >= 11 is 7.80. The first kappa shape index (κ1) is 28.1. The van der Waals surface area contributed by atoms with Gasteiger partial charge in [-0.3, -0.25) is 0 Å². The number of urea groups is 1. The van der Waals surface area contributed by atoms with Gasteiger partial charge in [-0.15, -0.1) is 11.3 Å². The Bertz CT molecular complexity index is 1670. The molecule has 0 saturated carbocycles. The summed E-state index contributed by atoms with van der Waals surface area (Å²) in [5.41, 5.74) is 2.08. The van der Waals surface area contributed by atoms with E-state index in [0.717, 1.165) is 15.8 Å². The number of thiophene rings is 1. The van der Waals surface area contributed by atoms with Gasteiger partial charge in [0, 0.05) is 18.5 Å². The Morgan fingerprint density at radius 1 is 1.15 bits per heavy atom. The van der Waals surface area contributed by atoms with E-state index in [-0.39, 0.29) is 31.3 Å². The molecule has 2 amide bonds. The van der Waals surface area contributed by atoms with Crippen molar-refractivity contribution in [3.8, 4) is 17.6 Å². The van der Waals surface area contributed by atoms with Crippen molar-refractivity contribution in [3.05, 3.63) is 76.1 Å². The number of halogens is 2. The molecule has 0 bridgehead atoms. The van der Waals surface area contributed by atoms with Crippen molar-refractivity contribution in [1.29, 1.82) is 0 Å². The van der Waals surface area contributed by atoms with Gasteiger partial charge in [0.05, 0.1) is 32.4 Å². The van der Waals surface area contributed by atoms with Gasteiger partial charge in [0.2, 0.25) is 0 Å². The van der Waals surface area contributed by atoms with E-state index < -0.39 is 15.9 Å². The third-order valence-electron chi connectivity index (χ3n) is 5.10. The number of amides is 2. The van der Waals surface area contributed by atoms with Crippen LogP contribution >= 0.6 is 22.9 Å². The average molecular weight is 588 g/mol. The first-order chi connectivity index (χ1) is 18.7. The maximum absolute atomic E-state index is 13.4. The van der Waals surface area contributed by atoms with Crippen molar-refractivity contribution in [2.24, 2.45) is 0 Å². The highest BCUT2D eigenvalue weighted by atomic mass is 35.5. The van der Waals surface area contributed by atoms with E-state index in [1.54, 1.807) is 30.3 Å². The molecule has 13 heteroatoms. The first-order valence-electron chi connectivity index (χ1n) is 11.5. The van der Waals surface area contributed by atoms with Crippen LogP contribution in [0.1, 0.15) is 10.4 Å². The Morgan fingerprint density at radius 3 is 2.77 bits per heavy atom. The van der Waals surface area contributed by atoms with Gasteiger partial charge in [0.15, 0.2) is 5.82 Å². The van der Waals surface area contributed by atoms with E-state index in [1.165, 1.54) is 29.8 Å². The molecule has 9 nitrogen and oxygen atoms in total. The number of sulfone groups is 1. The molecule has 0 aliphatic carbocycles. The lowest BCUT2D eigenvalue weighted by Gasteiger charge is -2.11. The number of aromatic nitrogens is 2. The number of carbonyl (C=O) groups excluding carboxylic acids is 1. The van der Waals surface area contributed by atoms with Crippen LogP contribution in [0.25, 0.3) is 10.2 Å². The summed E-state index contributed by atoms with van der Waals surface area (Å²) in [7, 11) is -3.14. The lowest BCUT2D eigenvalue weighted by Crippen LogP contribution is -2.38. The van der Waals surface area contributed by atoms with E-state index in [9.17, 15) is 17.6 Å². The van der Waals surface area contributed by atoms with E-state index in [2.05, 4.69) is 37.8 Å². The minimum absolute atomic E-state index is 0.0265. The predicted octanol–water partition coefficient (Wildman–Crippen LogP) is 4.50. The molecule has 0 aliphatic heterocycles. The first-order valence-corrected chi connectivity index (χ1v) is 14.8. The zero-order chi connectivity index (χ0) is 27.8. The van der Waals surface area contributed by atoms with Gasteiger partial charge >= 0.3 is 6.03 Å². The van der Waals surface area contributed by atoms with Gasteiger partial charge in [-0.2, -0.15) is 0 Å². The normalized spacial score (nSPS) is 10.9. The molecule has 4 aromatic rings. The van der Waals surface area contributed by atoms with Crippen molar-refractivity contribution < 1.29 is 22.3 Å². The van der Waals surface area contributed by atoms with Crippen molar-refractivity contribution in [2.45, 2.75) is 6.61 Å². The molecule has 2 aromatic heterocycles. The molecule has 0 saturated heterocycles. The second kappa shape index (κ2) is 12.8. The second-order valence-corrected chi connectivity index (χ2v) is 12.0. The molecular weight excluding hydrogens is 565 g/mol. The van der Waals surface area contributed by atoms with Crippen LogP contribution in [0.4, 0.5) is 20.7 Å². The van der Waals surface area contributed by atoms with Crippen molar-refractivity contribution in [3.63, 3.8) is 0 Å². The zero-order valence-electron chi connectivity index (χ0n) is 20.6. The lowest BCUT2D eigenvalue weighted by atomic mass is 10.2. The second-order valence-electron chi connectivity index (χ2n) is 8.28. The molecule has 0 aliphatic rings. The number of ether oxygens (including phenoxy) is 1. The highest BCUT2D eigenvalue weighted by Gasteiger charge is 2.10. The SMILES string of the molecule is CS(=O)(=O)CCNC(=O)NCC#Cc1cc2ncnc(Nc3ccc(OCc4cccc(F)c4)c(Cl)c3)c2s1. The molecule has 0 radical (unpaired) electrons. The molecule has 202 valence electrons. The van der Waals surface area contributed by atoms with Crippen molar-refractivity contribution >= 4 is 60.5 Å². The number of carbonyl (C=O) groups is 1. The predicted molar refractivity (Wildman–Crippen MR) is 151 cm³/mol. The molecule has 0 atom stereocenters. The Hall–Kier alpha value is -3.92. The smallest absolute Gasteiger partial charge is 0.315 e. The maximum atomic E-state index is 13.4. The van der Waals surface area contributed by atoms with Crippen LogP contribution in [0.2, 0.25) is 5.02 Å². The Morgan fingerprint density at radius 2 is 2.00 bits per heavy atom. The molecule has 0 unspecified atom stereocenters. The third-order valence-corrected chi connectivity index (χ3v) is 7.38. The molecular formula is C26H23ClFN5O4S2. The maximum Gasteiger partial charge on any atom is 0.315 e. The van der Waals surface area contributed by atoms with Crippen LogP contribution in [-0.4, -0.2) is 49.5 Å². The van der Waals surface area contributed by atoms with Crippen LogP contribution in [0.3, 0.4) is 0 Å². The monoisotopic (exact) mass is 587 g/mol. The number of rotatable bonds is 9. The summed E-state index contributed by atoms with van der Waals surface area (Å²) in [6.07, 6.45) is 2.54. The van der Waals surface area contributed by atoms with Crippen LogP contribution < -0.4 is 20.7 Å². The van der Waals surface area contributed by atoms with E-state index in [1.807, 2.05) is 6.07 Å². The van der Waals surface area contributed by atoms with Crippen LogP contribution in [0, 0.1) is 17.7 Å². The highest BCUT2D eigenvalue weighted by molar-refractivity contribution is 7.90. The summed E-state index contributed by atoms with van der Waals surface area (Å²) in [5.74, 6) is 6.42. The largest absolute Gasteiger partial charge is 0.487 e. The van der Waals surface area contributed by atoms with E-state index in [4.69, 9.17) is 16.3 Å². The molecule has 2 aromatic carbocycles. The molecule has 0 spiro atoms. The number of fused-ring (bicyclic) bond motifs is 1. The fourth-order valence-electron chi connectivity index (χ4n) is 3.29. The van der Waals surface area contributed by atoms with Crippen LogP contribution in [0.5, 0.6) is 5.75 Å². The number of hydrogen-bond acceptors (Lipinski definition) is 8. The molecule has 4 rings (SSSR count). The minimum atomic E-state index is -3.14. The van der Waals surface area contributed by atoms with Gasteiger partial charge in [0.25, 0.3) is 0 Å².